The lowest BCUT2D eigenvalue weighted by Gasteiger charge is -2.36. The van der Waals surface area contributed by atoms with E-state index in [4.69, 9.17) is 9.47 Å². The van der Waals surface area contributed by atoms with Crippen molar-refractivity contribution >= 4 is 23.7 Å². The molecule has 3 rings (SSSR count). The molecular formula is C17H16F3N5O6. The number of amides is 1. The van der Waals surface area contributed by atoms with E-state index in [2.05, 4.69) is 15.3 Å². The first-order valence-corrected chi connectivity index (χ1v) is 8.80. The third-order valence-corrected chi connectivity index (χ3v) is 4.19. The van der Waals surface area contributed by atoms with Crippen LogP contribution in [-0.4, -0.2) is 67.8 Å². The van der Waals surface area contributed by atoms with Crippen LogP contribution in [0, 0.1) is 0 Å². The number of ether oxygens (including phenoxy) is 2. The molecule has 3 unspecified atom stereocenters. The van der Waals surface area contributed by atoms with Gasteiger partial charge in [-0.15, -0.1) is 10.2 Å². The van der Waals surface area contributed by atoms with E-state index in [0.717, 1.165) is 28.8 Å². The largest absolute Gasteiger partial charge is 0.478 e. The van der Waals surface area contributed by atoms with Crippen LogP contribution in [0.15, 0.2) is 24.5 Å². The average molecular weight is 443 g/mol. The van der Waals surface area contributed by atoms with Gasteiger partial charge in [0.25, 0.3) is 5.91 Å². The van der Waals surface area contributed by atoms with E-state index in [1.54, 1.807) is 6.92 Å². The number of carboxylic acids is 1. The molecule has 1 aliphatic heterocycles. The number of aliphatic carboxylic acids is 1. The van der Waals surface area contributed by atoms with E-state index in [1.807, 2.05) is 0 Å². The SMILES string of the molecule is CC(=O)OC(C(=O)O)C1OC(C)CN(c2ccn(-c3cnnc(C(F)(F)F)c3)n2)C1=O. The summed E-state index contributed by atoms with van der Waals surface area (Å²) in [7, 11) is 0. The van der Waals surface area contributed by atoms with Gasteiger partial charge in [-0.25, -0.2) is 9.48 Å². The number of morpholine rings is 1. The Morgan fingerprint density at radius 3 is 2.71 bits per heavy atom. The first-order chi connectivity index (χ1) is 14.5. The number of carbonyl (C=O) groups excluding carboxylic acids is 2. The number of carbonyl (C=O) groups is 3. The summed E-state index contributed by atoms with van der Waals surface area (Å²) in [5, 5.41) is 19.8. The van der Waals surface area contributed by atoms with Gasteiger partial charge in [-0.1, -0.05) is 0 Å². The predicted octanol–water partition coefficient (Wildman–Crippen LogP) is 0.818. The molecule has 2 aromatic heterocycles. The van der Waals surface area contributed by atoms with Crippen LogP contribution in [0.4, 0.5) is 19.0 Å². The number of carboxylic acid groups (broad SMARTS) is 1. The fourth-order valence-corrected chi connectivity index (χ4v) is 2.90. The van der Waals surface area contributed by atoms with Gasteiger partial charge in [-0.05, 0) is 13.0 Å². The zero-order valence-corrected chi connectivity index (χ0v) is 16.1. The van der Waals surface area contributed by atoms with Crippen LogP contribution in [0.3, 0.4) is 0 Å². The smallest absolute Gasteiger partial charge is 0.435 e. The zero-order chi connectivity index (χ0) is 22.9. The predicted molar refractivity (Wildman–Crippen MR) is 94.0 cm³/mol. The summed E-state index contributed by atoms with van der Waals surface area (Å²) in [6.07, 6.45) is -6.50. The first kappa shape index (κ1) is 22.1. The van der Waals surface area contributed by atoms with Crippen LogP contribution >= 0.6 is 0 Å². The van der Waals surface area contributed by atoms with Gasteiger partial charge in [0.1, 0.15) is 0 Å². The maximum atomic E-state index is 12.9. The van der Waals surface area contributed by atoms with Gasteiger partial charge >= 0.3 is 18.1 Å². The Labute approximate surface area is 172 Å². The van der Waals surface area contributed by atoms with Crippen molar-refractivity contribution in [3.63, 3.8) is 0 Å². The van der Waals surface area contributed by atoms with E-state index in [0.29, 0.717) is 0 Å². The molecule has 3 heterocycles. The van der Waals surface area contributed by atoms with Crippen molar-refractivity contribution in [1.29, 1.82) is 0 Å². The van der Waals surface area contributed by atoms with Crippen molar-refractivity contribution in [1.82, 2.24) is 20.0 Å². The molecule has 1 fully saturated rings. The molecule has 0 aromatic carbocycles. The van der Waals surface area contributed by atoms with E-state index in [-0.39, 0.29) is 18.1 Å². The normalized spacial score (nSPS) is 20.4. The number of alkyl halides is 3. The Hall–Kier alpha value is -3.55. The molecule has 14 heteroatoms. The average Bonchev–Trinajstić information content (AvgIpc) is 3.17. The van der Waals surface area contributed by atoms with Crippen molar-refractivity contribution in [3.05, 3.63) is 30.2 Å². The molecule has 1 N–H and O–H groups in total. The molecule has 0 aliphatic carbocycles. The minimum absolute atomic E-state index is 0.0127. The molecule has 31 heavy (non-hydrogen) atoms. The summed E-state index contributed by atoms with van der Waals surface area (Å²) < 4.78 is 49.8. The van der Waals surface area contributed by atoms with Gasteiger partial charge < -0.3 is 14.6 Å². The fourth-order valence-electron chi connectivity index (χ4n) is 2.90. The van der Waals surface area contributed by atoms with Crippen LogP contribution in [0.2, 0.25) is 0 Å². The van der Waals surface area contributed by atoms with Crippen molar-refractivity contribution in [3.8, 4) is 5.69 Å². The Bertz CT molecular complexity index is 1010. The summed E-state index contributed by atoms with van der Waals surface area (Å²) in [5.41, 5.74) is -1.27. The quantitative estimate of drug-likeness (QED) is 0.666. The van der Waals surface area contributed by atoms with Crippen LogP contribution in [0.1, 0.15) is 19.5 Å². The molecule has 1 saturated heterocycles. The highest BCUT2D eigenvalue weighted by Gasteiger charge is 2.45. The van der Waals surface area contributed by atoms with Crippen molar-refractivity contribution in [2.45, 2.75) is 38.3 Å². The summed E-state index contributed by atoms with van der Waals surface area (Å²) in [6.45, 7) is 2.55. The van der Waals surface area contributed by atoms with Gasteiger partial charge in [0.15, 0.2) is 17.6 Å². The van der Waals surface area contributed by atoms with Crippen LogP contribution in [0.25, 0.3) is 5.69 Å². The lowest BCUT2D eigenvalue weighted by atomic mass is 10.1. The standard InChI is InChI=1S/C17H16F3N5O6/c1-8-7-24(15(27)13(30-8)14(16(28)29)31-9(2)26)12-3-4-25(23-12)10-5-11(17(18,19)20)22-21-6-10/h3-6,8,13-14H,7H2,1-2H3,(H,28,29). The molecule has 1 aliphatic rings. The minimum Gasteiger partial charge on any atom is -0.478 e. The van der Waals surface area contributed by atoms with Crippen LogP contribution in [-0.2, 0) is 30.0 Å². The monoisotopic (exact) mass is 443 g/mol. The number of hydrogen-bond acceptors (Lipinski definition) is 8. The van der Waals surface area contributed by atoms with E-state index in [9.17, 15) is 32.7 Å². The molecule has 0 bridgehead atoms. The van der Waals surface area contributed by atoms with Crippen LogP contribution < -0.4 is 4.90 Å². The summed E-state index contributed by atoms with van der Waals surface area (Å²) in [4.78, 5) is 36.7. The number of rotatable bonds is 5. The molecule has 1 amide bonds. The van der Waals surface area contributed by atoms with Gasteiger partial charge in [0, 0.05) is 19.2 Å². The number of halogens is 3. The summed E-state index contributed by atoms with van der Waals surface area (Å²) in [6, 6.07) is 2.08. The van der Waals surface area contributed by atoms with E-state index < -0.39 is 48.0 Å². The highest BCUT2D eigenvalue weighted by molar-refractivity contribution is 6.00. The Balaban J connectivity index is 1.89. The van der Waals surface area contributed by atoms with Crippen molar-refractivity contribution in [2.75, 3.05) is 11.4 Å². The highest BCUT2D eigenvalue weighted by atomic mass is 19.4. The van der Waals surface area contributed by atoms with Gasteiger partial charge in [0.2, 0.25) is 6.10 Å². The van der Waals surface area contributed by atoms with E-state index in [1.165, 1.54) is 12.3 Å². The molecule has 0 saturated carbocycles. The molecule has 0 radical (unpaired) electrons. The molecule has 2 aromatic rings. The second-order valence-electron chi connectivity index (χ2n) is 6.60. The molecule has 166 valence electrons. The topological polar surface area (TPSA) is 137 Å². The van der Waals surface area contributed by atoms with Gasteiger partial charge in [-0.2, -0.15) is 18.3 Å². The molecular weight excluding hydrogens is 427 g/mol. The zero-order valence-electron chi connectivity index (χ0n) is 16.1. The molecule has 0 spiro atoms. The third kappa shape index (κ3) is 4.79. The molecule has 3 atom stereocenters. The maximum Gasteiger partial charge on any atom is 0.435 e. The Morgan fingerprint density at radius 2 is 2.10 bits per heavy atom. The number of anilines is 1. The van der Waals surface area contributed by atoms with Crippen molar-refractivity contribution in [2.24, 2.45) is 0 Å². The second kappa shape index (κ2) is 8.29. The highest BCUT2D eigenvalue weighted by Crippen LogP contribution is 2.28. The van der Waals surface area contributed by atoms with E-state index >= 15 is 0 Å². The Kier molecular flexibility index (Phi) is 5.92. The molecule has 11 nitrogen and oxygen atoms in total. The number of nitrogens with zero attached hydrogens (tertiary/aromatic N) is 5. The maximum absolute atomic E-state index is 12.9. The van der Waals surface area contributed by atoms with Gasteiger partial charge in [-0.3, -0.25) is 14.5 Å². The first-order valence-electron chi connectivity index (χ1n) is 8.80. The van der Waals surface area contributed by atoms with Crippen molar-refractivity contribution < 1.29 is 42.1 Å². The minimum atomic E-state index is -4.70. The number of hydrogen-bond donors (Lipinski definition) is 1. The number of esters is 1. The third-order valence-electron chi connectivity index (χ3n) is 4.19. The lowest BCUT2D eigenvalue weighted by Crippen LogP contribution is -2.58. The summed E-state index contributed by atoms with van der Waals surface area (Å²) in [5.74, 6) is -3.29. The summed E-state index contributed by atoms with van der Waals surface area (Å²) >= 11 is 0. The second-order valence-corrected chi connectivity index (χ2v) is 6.60. The lowest BCUT2D eigenvalue weighted by molar-refractivity contribution is -0.181. The number of aromatic nitrogens is 4. The van der Waals surface area contributed by atoms with Crippen LogP contribution in [0.5, 0.6) is 0 Å². The van der Waals surface area contributed by atoms with Gasteiger partial charge in [0.05, 0.1) is 24.5 Å². The Morgan fingerprint density at radius 1 is 1.39 bits per heavy atom. The fraction of sp³-hybridized carbons (Fsp3) is 0.412.